The van der Waals surface area contributed by atoms with Crippen LogP contribution in [-0.4, -0.2) is 48.5 Å². The van der Waals surface area contributed by atoms with Gasteiger partial charge in [-0.2, -0.15) is 0 Å². The van der Waals surface area contributed by atoms with Crippen LogP contribution in [0.1, 0.15) is 71.3 Å². The second-order valence-electron chi connectivity index (χ2n) is 18.3. The lowest BCUT2D eigenvalue weighted by molar-refractivity contribution is 0.00691. The number of aromatic amines is 1. The molecule has 62 heavy (non-hydrogen) atoms. The second kappa shape index (κ2) is 19.3. The van der Waals surface area contributed by atoms with Crippen molar-refractivity contribution in [3.63, 3.8) is 0 Å². The van der Waals surface area contributed by atoms with Crippen molar-refractivity contribution in [3.8, 4) is 16.9 Å². The van der Waals surface area contributed by atoms with Crippen LogP contribution >= 0.6 is 0 Å². The molecule has 11 heteroatoms. The number of aromatic nitrogens is 1. The van der Waals surface area contributed by atoms with E-state index in [1.165, 1.54) is 6.07 Å². The molecule has 0 radical (unpaired) electrons. The van der Waals surface area contributed by atoms with Crippen LogP contribution in [0.25, 0.3) is 22.0 Å². The van der Waals surface area contributed by atoms with Crippen LogP contribution < -0.4 is 20.9 Å². The van der Waals surface area contributed by atoms with Gasteiger partial charge in [0.05, 0.1) is 23.9 Å². The fourth-order valence-electron chi connectivity index (χ4n) is 7.02. The number of rotatable bonds is 14. The zero-order valence-electron chi connectivity index (χ0n) is 37.4. The Bertz CT molecular complexity index is 2530. The number of carbonyl (C=O) groups excluding carboxylic acids is 2. The second-order valence-corrected chi connectivity index (χ2v) is 23.0. The summed E-state index contributed by atoms with van der Waals surface area (Å²) in [6, 6.07) is 41.5. The molecule has 0 aliphatic carbocycles. The molecule has 0 saturated carbocycles. The highest BCUT2D eigenvalue weighted by atomic mass is 28.4. The highest BCUT2D eigenvalue weighted by molar-refractivity contribution is 6.74. The molecule has 0 fully saturated rings. The number of nitrogens with one attached hydrogen (secondary N) is 3. The topological polar surface area (TPSA) is 122 Å². The third-order valence-corrected chi connectivity index (χ3v) is 15.7. The van der Waals surface area contributed by atoms with Gasteiger partial charge in [0.1, 0.15) is 18.0 Å². The molecule has 5 aromatic carbocycles. The molecular weight excluding hydrogens is 793 g/mol. The lowest BCUT2D eigenvalue weighted by Gasteiger charge is -2.42. The van der Waals surface area contributed by atoms with E-state index in [4.69, 9.17) is 13.9 Å². The molecule has 0 aliphatic rings. The summed E-state index contributed by atoms with van der Waals surface area (Å²) in [6.07, 6.45) is -0.613. The lowest BCUT2D eigenvalue weighted by Crippen LogP contribution is -2.48. The highest BCUT2D eigenvalue weighted by Gasteiger charge is 2.41. The van der Waals surface area contributed by atoms with E-state index < -0.39 is 26.1 Å². The van der Waals surface area contributed by atoms with E-state index >= 15 is 0 Å². The SMILES string of the molecule is CC(Cc1cccc(NC(=O)Nc2ccccc2-c2ccccc2)c1)N(C[C@H](O[Si](C)(C)C(C)(C)C)c1ccc(OCc2ccccc2)c2[nH]c(=O)ccc12)C(=O)OC(C)(C)C. The third-order valence-electron chi connectivity index (χ3n) is 11.2. The number of hydrogen-bond donors (Lipinski definition) is 3. The van der Waals surface area contributed by atoms with Gasteiger partial charge in [0.15, 0.2) is 8.32 Å². The third kappa shape index (κ3) is 11.8. The van der Waals surface area contributed by atoms with Crippen molar-refractivity contribution in [2.45, 2.75) is 97.4 Å². The normalized spacial score (nSPS) is 12.9. The number of fused-ring (bicyclic) bond motifs is 1. The molecule has 0 spiro atoms. The van der Waals surface area contributed by atoms with Crippen LogP contribution in [0.4, 0.5) is 21.0 Å². The molecule has 324 valence electrons. The van der Waals surface area contributed by atoms with E-state index in [9.17, 15) is 14.4 Å². The fourth-order valence-corrected chi connectivity index (χ4v) is 8.29. The van der Waals surface area contributed by atoms with Crippen LogP contribution in [0.15, 0.2) is 138 Å². The first kappa shape index (κ1) is 45.4. The highest BCUT2D eigenvalue weighted by Crippen LogP contribution is 2.42. The van der Waals surface area contributed by atoms with Crippen molar-refractivity contribution in [1.29, 1.82) is 0 Å². The maximum Gasteiger partial charge on any atom is 0.410 e. The zero-order chi connectivity index (χ0) is 44.7. The van der Waals surface area contributed by atoms with Crippen LogP contribution in [0.5, 0.6) is 5.75 Å². The van der Waals surface area contributed by atoms with Crippen molar-refractivity contribution < 1.29 is 23.5 Å². The molecule has 2 atom stereocenters. The number of urea groups is 1. The van der Waals surface area contributed by atoms with E-state index in [1.807, 2.05) is 149 Å². The van der Waals surface area contributed by atoms with E-state index in [-0.39, 0.29) is 29.2 Å². The van der Waals surface area contributed by atoms with Crippen molar-refractivity contribution in [3.05, 3.63) is 161 Å². The van der Waals surface area contributed by atoms with Crippen LogP contribution in [0.2, 0.25) is 18.1 Å². The number of pyridine rings is 1. The van der Waals surface area contributed by atoms with Crippen LogP contribution in [0, 0.1) is 0 Å². The van der Waals surface area contributed by atoms with Crippen LogP contribution in [-0.2, 0) is 22.2 Å². The van der Waals surface area contributed by atoms with Gasteiger partial charge in [-0.05, 0) is 105 Å². The average molecular weight is 853 g/mol. The fraction of sp³-hybridized carbons (Fsp3) is 0.314. The minimum atomic E-state index is -2.48. The molecular formula is C51H60N4O6Si. The molecule has 1 aromatic heterocycles. The van der Waals surface area contributed by atoms with Gasteiger partial charge >= 0.3 is 12.1 Å². The molecule has 6 aromatic rings. The maximum absolute atomic E-state index is 14.3. The van der Waals surface area contributed by atoms with Gasteiger partial charge in [-0.1, -0.05) is 118 Å². The molecule has 0 saturated heterocycles. The standard InChI is InChI=1S/C51H60N4O6Si/c1-35(31-37-21-18-24-39(32-37)52-48(57)53-43-26-17-16-25-40(43)38-22-14-11-15-23-38)55(49(58)60-50(2,3)4)33-45(61-62(8,9)51(5,6)7)41-27-29-44(47-42(41)28-30-46(56)54-47)59-34-36-19-12-10-13-20-36/h10-30,32,35,45H,31,33-34H2,1-9H3,(H,54,56)(H2,52,53,57)/t35?,45-/m0/s1. The Kier molecular flexibility index (Phi) is 14.1. The molecule has 1 unspecified atom stereocenters. The molecule has 3 N–H and O–H groups in total. The predicted octanol–water partition coefficient (Wildman–Crippen LogP) is 12.3. The summed E-state index contributed by atoms with van der Waals surface area (Å²) in [7, 11) is -2.48. The smallest absolute Gasteiger partial charge is 0.410 e. The van der Waals surface area contributed by atoms with Gasteiger partial charge in [0.2, 0.25) is 5.56 Å². The van der Waals surface area contributed by atoms with Crippen molar-refractivity contribution >= 4 is 42.7 Å². The summed E-state index contributed by atoms with van der Waals surface area (Å²) in [5.41, 5.74) is 5.50. The summed E-state index contributed by atoms with van der Waals surface area (Å²) in [5, 5.41) is 6.62. The van der Waals surface area contributed by atoms with Crippen molar-refractivity contribution in [1.82, 2.24) is 9.88 Å². The number of ether oxygens (including phenoxy) is 2. The lowest BCUT2D eigenvalue weighted by atomic mass is 10.0. The molecule has 0 bridgehead atoms. The molecule has 10 nitrogen and oxygen atoms in total. The Balaban J connectivity index is 1.30. The molecule has 6 rings (SSSR count). The van der Waals surface area contributed by atoms with Gasteiger partial charge in [-0.3, -0.25) is 4.79 Å². The Morgan fingerprint density at radius 3 is 2.11 bits per heavy atom. The predicted molar refractivity (Wildman–Crippen MR) is 253 cm³/mol. The zero-order valence-corrected chi connectivity index (χ0v) is 38.4. The summed E-state index contributed by atoms with van der Waals surface area (Å²) in [6.45, 7) is 19.0. The quantitative estimate of drug-likeness (QED) is 0.0938. The number of carbonyl (C=O) groups is 2. The number of nitrogens with zero attached hydrogens (tertiary/aromatic N) is 1. The monoisotopic (exact) mass is 852 g/mol. The summed E-state index contributed by atoms with van der Waals surface area (Å²) in [5.74, 6) is 0.538. The number of anilines is 2. The Hall–Kier alpha value is -6.17. The van der Waals surface area contributed by atoms with Gasteiger partial charge in [-0.25, -0.2) is 9.59 Å². The average Bonchev–Trinajstić information content (AvgIpc) is 3.21. The number of benzene rings is 5. The minimum absolute atomic E-state index is 0.153. The Morgan fingerprint density at radius 2 is 1.42 bits per heavy atom. The largest absolute Gasteiger partial charge is 0.487 e. The van der Waals surface area contributed by atoms with Gasteiger partial charge in [-0.15, -0.1) is 0 Å². The summed E-state index contributed by atoms with van der Waals surface area (Å²) < 4.78 is 19.6. The van der Waals surface area contributed by atoms with Crippen LogP contribution in [0.3, 0.4) is 0 Å². The number of H-pyrrole nitrogens is 1. The van der Waals surface area contributed by atoms with E-state index in [0.717, 1.165) is 33.2 Å². The number of hydrogen-bond acceptors (Lipinski definition) is 6. The van der Waals surface area contributed by atoms with Gasteiger partial charge in [0.25, 0.3) is 0 Å². The Morgan fingerprint density at radius 1 is 0.758 bits per heavy atom. The van der Waals surface area contributed by atoms with Gasteiger partial charge in [0, 0.05) is 28.7 Å². The Labute approximate surface area is 366 Å². The van der Waals surface area contributed by atoms with E-state index in [2.05, 4.69) is 49.5 Å². The molecule has 0 aliphatic heterocycles. The number of para-hydroxylation sites is 1. The maximum atomic E-state index is 14.3. The van der Waals surface area contributed by atoms with E-state index in [1.54, 1.807) is 11.0 Å². The first-order chi connectivity index (χ1) is 29.4. The van der Waals surface area contributed by atoms with Crippen molar-refractivity contribution in [2.24, 2.45) is 0 Å². The molecule has 3 amide bonds. The van der Waals surface area contributed by atoms with E-state index in [0.29, 0.717) is 35.7 Å². The first-order valence-electron chi connectivity index (χ1n) is 21.2. The number of amides is 3. The first-order valence-corrected chi connectivity index (χ1v) is 24.1. The summed E-state index contributed by atoms with van der Waals surface area (Å²) in [4.78, 5) is 45.3. The molecule has 1 heterocycles. The van der Waals surface area contributed by atoms with Crippen molar-refractivity contribution in [2.75, 3.05) is 17.2 Å². The summed E-state index contributed by atoms with van der Waals surface area (Å²) >= 11 is 0. The minimum Gasteiger partial charge on any atom is -0.487 e. The van der Waals surface area contributed by atoms with Gasteiger partial charge < -0.3 is 34.4 Å².